The zero-order chi connectivity index (χ0) is 24.2. The second-order valence-electron chi connectivity index (χ2n) is 9.10. The van der Waals surface area contributed by atoms with Crippen molar-refractivity contribution in [3.8, 4) is 0 Å². The van der Waals surface area contributed by atoms with Gasteiger partial charge in [0.05, 0.1) is 17.0 Å². The SMILES string of the molecule is C=C1PC(NC(C)c2cc(NC(=O)c3cnc(CCC4CC4)c(C)c3)ccc2F)C=N/C1=C/C. The fourth-order valence-corrected chi connectivity index (χ4v) is 5.33. The first-order valence-corrected chi connectivity index (χ1v) is 12.9. The van der Waals surface area contributed by atoms with Crippen LogP contribution in [0.25, 0.3) is 0 Å². The largest absolute Gasteiger partial charge is 0.322 e. The van der Waals surface area contributed by atoms with Gasteiger partial charge < -0.3 is 5.32 Å². The molecule has 0 bridgehead atoms. The number of aryl methyl sites for hydroxylation is 2. The molecule has 3 atom stereocenters. The molecule has 1 amide bonds. The number of halogens is 1. The van der Waals surface area contributed by atoms with Crippen molar-refractivity contribution < 1.29 is 9.18 Å². The summed E-state index contributed by atoms with van der Waals surface area (Å²) < 4.78 is 14.6. The lowest BCUT2D eigenvalue weighted by Gasteiger charge is -2.25. The van der Waals surface area contributed by atoms with Crippen LogP contribution in [0.3, 0.4) is 0 Å². The van der Waals surface area contributed by atoms with E-state index in [4.69, 9.17) is 0 Å². The smallest absolute Gasteiger partial charge is 0.257 e. The van der Waals surface area contributed by atoms with Crippen LogP contribution in [-0.2, 0) is 6.42 Å². The highest BCUT2D eigenvalue weighted by molar-refractivity contribution is 7.45. The van der Waals surface area contributed by atoms with Gasteiger partial charge in [-0.05, 0) is 74.7 Å². The second kappa shape index (κ2) is 10.7. The Balaban J connectivity index is 1.41. The number of aliphatic imine (C=N–C) groups is 1. The Morgan fingerprint density at radius 3 is 2.82 bits per heavy atom. The lowest BCUT2D eigenvalue weighted by Crippen LogP contribution is -2.31. The third kappa shape index (κ3) is 6.05. The Morgan fingerprint density at radius 1 is 1.35 bits per heavy atom. The van der Waals surface area contributed by atoms with Gasteiger partial charge in [0, 0.05) is 35.4 Å². The zero-order valence-corrected chi connectivity index (χ0v) is 21.0. The topological polar surface area (TPSA) is 66.4 Å². The number of hydrogen-bond donors (Lipinski definition) is 2. The number of amides is 1. The van der Waals surface area contributed by atoms with Crippen molar-refractivity contribution in [3.63, 3.8) is 0 Å². The summed E-state index contributed by atoms with van der Waals surface area (Å²) >= 11 is 0. The minimum absolute atomic E-state index is 0.00340. The first-order valence-electron chi connectivity index (χ1n) is 11.8. The number of nitrogens with one attached hydrogen (secondary N) is 2. The van der Waals surface area contributed by atoms with Crippen molar-refractivity contribution in [2.24, 2.45) is 10.9 Å². The van der Waals surface area contributed by atoms with E-state index in [0.717, 1.165) is 34.6 Å². The standard InChI is InChI=1S/C27H32FN4OP/c1-5-24-18(4)34-26(15-30-24)31-17(3)22-13-21(9-10-23(22)28)32-27(33)20-12-16(2)25(29-14-20)11-8-19-6-7-19/h5,9-10,12-15,17,19,26,31,34H,4,6-8,11H2,1-3H3,(H,32,33)/b24-5+. The molecule has 1 saturated carbocycles. The Labute approximate surface area is 202 Å². The Kier molecular flexibility index (Phi) is 7.70. The van der Waals surface area contributed by atoms with Crippen molar-refractivity contribution in [1.29, 1.82) is 0 Å². The minimum atomic E-state index is -0.320. The van der Waals surface area contributed by atoms with Crippen LogP contribution in [0, 0.1) is 18.7 Å². The van der Waals surface area contributed by atoms with E-state index in [2.05, 4.69) is 27.2 Å². The van der Waals surface area contributed by atoms with Gasteiger partial charge in [-0.25, -0.2) is 4.39 Å². The van der Waals surface area contributed by atoms with Crippen molar-refractivity contribution in [3.05, 3.63) is 82.3 Å². The highest BCUT2D eigenvalue weighted by Gasteiger charge is 2.22. The molecular formula is C27H32FN4OP. The van der Waals surface area contributed by atoms with Crippen molar-refractivity contribution in [2.75, 3.05) is 5.32 Å². The van der Waals surface area contributed by atoms with Crippen LogP contribution in [0.2, 0.25) is 0 Å². The Hall–Kier alpha value is -2.69. The van der Waals surface area contributed by atoms with Crippen molar-refractivity contribution in [2.45, 2.75) is 58.3 Å². The van der Waals surface area contributed by atoms with Crippen molar-refractivity contribution >= 4 is 26.4 Å². The van der Waals surface area contributed by atoms with E-state index >= 15 is 0 Å². The fraction of sp³-hybridized carbons (Fsp3) is 0.370. The number of carbonyl (C=O) groups is 1. The molecule has 0 saturated heterocycles. The molecule has 0 radical (unpaired) electrons. The molecule has 4 rings (SSSR count). The van der Waals surface area contributed by atoms with E-state index in [1.165, 1.54) is 25.3 Å². The summed E-state index contributed by atoms with van der Waals surface area (Å²) in [5, 5.41) is 7.29. The van der Waals surface area contributed by atoms with Crippen LogP contribution in [-0.4, -0.2) is 22.9 Å². The molecule has 1 fully saturated rings. The summed E-state index contributed by atoms with van der Waals surface area (Å²) in [4.78, 5) is 21.8. The van der Waals surface area contributed by atoms with E-state index in [0.29, 0.717) is 25.4 Å². The van der Waals surface area contributed by atoms with Gasteiger partial charge in [-0.3, -0.25) is 20.1 Å². The average molecular weight is 479 g/mol. The first kappa shape index (κ1) is 24.4. The lowest BCUT2D eigenvalue weighted by molar-refractivity contribution is 0.102. The van der Waals surface area contributed by atoms with Gasteiger partial charge in [-0.1, -0.05) is 34.1 Å². The third-order valence-electron chi connectivity index (χ3n) is 6.36. The average Bonchev–Trinajstić information content (AvgIpc) is 3.64. The maximum atomic E-state index is 14.6. The minimum Gasteiger partial charge on any atom is -0.322 e. The summed E-state index contributed by atoms with van der Waals surface area (Å²) in [7, 11) is 0.440. The predicted molar refractivity (Wildman–Crippen MR) is 139 cm³/mol. The van der Waals surface area contributed by atoms with Gasteiger partial charge in [0.2, 0.25) is 0 Å². The third-order valence-corrected chi connectivity index (χ3v) is 7.59. The lowest BCUT2D eigenvalue weighted by atomic mass is 10.1. The molecule has 34 heavy (non-hydrogen) atoms. The molecule has 0 spiro atoms. The highest BCUT2D eigenvalue weighted by atomic mass is 31.1. The Bertz CT molecular complexity index is 1160. The molecule has 2 aliphatic rings. The monoisotopic (exact) mass is 478 g/mol. The molecule has 1 aromatic carbocycles. The molecule has 2 aromatic rings. The number of carbonyl (C=O) groups excluding carboxylic acids is 1. The number of allylic oxidation sites excluding steroid dienone is 2. The molecule has 1 aliphatic heterocycles. The number of anilines is 1. The van der Waals surface area contributed by atoms with Crippen LogP contribution in [0.15, 0.2) is 59.1 Å². The van der Waals surface area contributed by atoms with Crippen LogP contribution in [0.4, 0.5) is 10.1 Å². The molecule has 3 unspecified atom stereocenters. The van der Waals surface area contributed by atoms with E-state index in [1.54, 1.807) is 18.3 Å². The molecule has 1 aliphatic carbocycles. The number of pyridine rings is 1. The van der Waals surface area contributed by atoms with Gasteiger partial charge in [0.1, 0.15) is 5.82 Å². The number of nitrogens with zero attached hydrogens (tertiary/aromatic N) is 2. The van der Waals surface area contributed by atoms with Gasteiger partial charge in [0.15, 0.2) is 0 Å². The van der Waals surface area contributed by atoms with Crippen LogP contribution in [0.5, 0.6) is 0 Å². The molecule has 178 valence electrons. The normalized spacial score (nSPS) is 20.6. The van der Waals surface area contributed by atoms with Gasteiger partial charge >= 0.3 is 0 Å². The zero-order valence-electron chi connectivity index (χ0n) is 20.0. The number of aromatic nitrogens is 1. The quantitative estimate of drug-likeness (QED) is 0.439. The maximum absolute atomic E-state index is 14.6. The van der Waals surface area contributed by atoms with E-state index in [-0.39, 0.29) is 23.5 Å². The molecule has 5 nitrogen and oxygen atoms in total. The van der Waals surface area contributed by atoms with Crippen LogP contribution < -0.4 is 10.6 Å². The summed E-state index contributed by atoms with van der Waals surface area (Å²) in [6.45, 7) is 9.93. The van der Waals surface area contributed by atoms with Gasteiger partial charge in [-0.2, -0.15) is 0 Å². The summed E-state index contributed by atoms with van der Waals surface area (Å²) in [6.07, 6.45) is 10.2. The Morgan fingerprint density at radius 2 is 2.15 bits per heavy atom. The number of hydrogen-bond acceptors (Lipinski definition) is 4. The van der Waals surface area contributed by atoms with E-state index in [1.807, 2.05) is 39.1 Å². The van der Waals surface area contributed by atoms with Crippen LogP contribution in [0.1, 0.15) is 66.3 Å². The van der Waals surface area contributed by atoms with Crippen LogP contribution >= 0.6 is 8.58 Å². The highest BCUT2D eigenvalue weighted by Crippen LogP contribution is 2.37. The predicted octanol–water partition coefficient (Wildman–Crippen LogP) is 6.28. The molecule has 2 N–H and O–H groups in total. The second-order valence-corrected chi connectivity index (χ2v) is 10.6. The summed E-state index contributed by atoms with van der Waals surface area (Å²) in [6, 6.07) is 6.27. The molecule has 1 aromatic heterocycles. The number of benzene rings is 1. The van der Waals surface area contributed by atoms with Gasteiger partial charge in [0.25, 0.3) is 5.91 Å². The molecule has 7 heteroatoms. The molecular weight excluding hydrogens is 446 g/mol. The van der Waals surface area contributed by atoms with E-state index < -0.39 is 0 Å². The maximum Gasteiger partial charge on any atom is 0.257 e. The summed E-state index contributed by atoms with van der Waals surface area (Å²) in [5.41, 5.74) is 4.53. The first-order chi connectivity index (χ1) is 16.3. The number of rotatable bonds is 8. The summed E-state index contributed by atoms with van der Waals surface area (Å²) in [5.74, 6) is 0.276. The van der Waals surface area contributed by atoms with E-state index in [9.17, 15) is 9.18 Å². The van der Waals surface area contributed by atoms with Gasteiger partial charge in [-0.15, -0.1) is 0 Å². The molecule has 2 heterocycles. The fourth-order valence-electron chi connectivity index (χ4n) is 4.12. The van der Waals surface area contributed by atoms with Crippen molar-refractivity contribution in [1.82, 2.24) is 10.3 Å².